The first-order valence-corrected chi connectivity index (χ1v) is 6.93. The second-order valence-corrected chi connectivity index (χ2v) is 5.10. The van der Waals surface area contributed by atoms with Crippen LogP contribution in [0.3, 0.4) is 0 Å². The first kappa shape index (κ1) is 15.7. The van der Waals surface area contributed by atoms with Crippen molar-refractivity contribution in [1.29, 1.82) is 0 Å². The van der Waals surface area contributed by atoms with E-state index in [2.05, 4.69) is 15.9 Å². The van der Waals surface area contributed by atoms with E-state index in [0.29, 0.717) is 5.75 Å². The van der Waals surface area contributed by atoms with Crippen molar-refractivity contribution < 1.29 is 22.6 Å². The molecule has 2 nitrogen and oxygen atoms in total. The fourth-order valence-electron chi connectivity index (χ4n) is 1.64. The Morgan fingerprint density at radius 2 is 1.43 bits per heavy atom. The molecule has 2 aromatic rings. The third-order valence-corrected chi connectivity index (χ3v) is 3.07. The molecule has 0 N–H and O–H groups in total. The van der Waals surface area contributed by atoms with E-state index in [-0.39, 0.29) is 19.0 Å². The molecule has 0 aliphatic rings. The van der Waals surface area contributed by atoms with Crippen LogP contribution in [0.4, 0.5) is 13.2 Å². The van der Waals surface area contributed by atoms with Crippen molar-refractivity contribution in [3.05, 3.63) is 58.6 Å². The summed E-state index contributed by atoms with van der Waals surface area (Å²) in [5.74, 6) is 0.833. The topological polar surface area (TPSA) is 18.5 Å². The molecule has 0 bridgehead atoms. The molecule has 2 aromatic carbocycles. The van der Waals surface area contributed by atoms with Gasteiger partial charge in [-0.1, -0.05) is 28.1 Å². The van der Waals surface area contributed by atoms with Gasteiger partial charge in [-0.05, 0) is 36.4 Å². The van der Waals surface area contributed by atoms with Gasteiger partial charge < -0.3 is 9.47 Å². The highest BCUT2D eigenvalue weighted by molar-refractivity contribution is 9.10. The Morgan fingerprint density at radius 3 is 2.00 bits per heavy atom. The van der Waals surface area contributed by atoms with Gasteiger partial charge in [0.25, 0.3) is 0 Å². The third-order valence-electron chi connectivity index (χ3n) is 2.58. The van der Waals surface area contributed by atoms with Gasteiger partial charge >= 0.3 is 6.18 Å². The van der Waals surface area contributed by atoms with Crippen LogP contribution < -0.4 is 9.47 Å². The van der Waals surface area contributed by atoms with E-state index in [1.54, 1.807) is 12.1 Å². The summed E-state index contributed by atoms with van der Waals surface area (Å²) in [6.45, 7) is 0.403. The molecule has 2 rings (SSSR count). The summed E-state index contributed by atoms with van der Waals surface area (Å²) >= 11 is 3.32. The normalized spacial score (nSPS) is 11.2. The van der Waals surface area contributed by atoms with Gasteiger partial charge in [-0.3, -0.25) is 0 Å². The fourth-order valence-corrected chi connectivity index (χ4v) is 2.02. The van der Waals surface area contributed by atoms with Crippen LogP contribution in [0.25, 0.3) is 0 Å². The molecule has 0 amide bonds. The molecule has 0 atom stereocenters. The second-order valence-electron chi connectivity index (χ2n) is 4.18. The minimum Gasteiger partial charge on any atom is -0.490 e. The highest BCUT2D eigenvalue weighted by Gasteiger charge is 2.30. The lowest BCUT2D eigenvalue weighted by Gasteiger charge is -2.11. The molecule has 0 unspecified atom stereocenters. The summed E-state index contributed by atoms with van der Waals surface area (Å²) in [7, 11) is 0. The monoisotopic (exact) mass is 360 g/mol. The molecule has 0 saturated heterocycles. The van der Waals surface area contributed by atoms with E-state index in [1.807, 2.05) is 12.1 Å². The Kier molecular flexibility index (Phi) is 5.12. The van der Waals surface area contributed by atoms with Crippen LogP contribution in [0.5, 0.6) is 11.5 Å². The van der Waals surface area contributed by atoms with E-state index < -0.39 is 11.7 Å². The predicted molar refractivity (Wildman–Crippen MR) is 76.6 cm³/mol. The minimum atomic E-state index is -4.37. The van der Waals surface area contributed by atoms with Crippen LogP contribution in [-0.2, 0) is 6.18 Å². The molecule has 0 aromatic heterocycles. The van der Waals surface area contributed by atoms with Crippen molar-refractivity contribution in [1.82, 2.24) is 0 Å². The lowest BCUT2D eigenvalue weighted by Crippen LogP contribution is -2.10. The van der Waals surface area contributed by atoms with Gasteiger partial charge in [0.2, 0.25) is 0 Å². The van der Waals surface area contributed by atoms with Crippen LogP contribution in [-0.4, -0.2) is 13.2 Å². The predicted octanol–water partition coefficient (Wildman–Crippen LogP) is 4.93. The van der Waals surface area contributed by atoms with Crippen LogP contribution in [0, 0.1) is 0 Å². The number of alkyl halides is 3. The molecule has 0 saturated carbocycles. The quantitative estimate of drug-likeness (QED) is 0.704. The van der Waals surface area contributed by atoms with E-state index in [9.17, 15) is 13.2 Å². The van der Waals surface area contributed by atoms with Gasteiger partial charge in [-0.2, -0.15) is 13.2 Å². The Balaban J connectivity index is 1.84. The summed E-state index contributed by atoms with van der Waals surface area (Å²) < 4.78 is 49.2. The number of hydrogen-bond donors (Lipinski definition) is 0. The zero-order chi connectivity index (χ0) is 15.3. The van der Waals surface area contributed by atoms with Crippen LogP contribution >= 0.6 is 15.9 Å². The van der Waals surface area contributed by atoms with Crippen LogP contribution in [0.1, 0.15) is 5.56 Å². The van der Waals surface area contributed by atoms with Crippen molar-refractivity contribution in [3.63, 3.8) is 0 Å². The highest BCUT2D eigenvalue weighted by Crippen LogP contribution is 2.31. The van der Waals surface area contributed by atoms with Crippen LogP contribution in [0.15, 0.2) is 53.0 Å². The molecule has 6 heteroatoms. The molecule has 0 spiro atoms. The number of rotatable bonds is 5. The molecular formula is C15H12BrF3O2. The fraction of sp³-hybridized carbons (Fsp3) is 0.200. The number of ether oxygens (including phenoxy) is 2. The van der Waals surface area contributed by atoms with Crippen molar-refractivity contribution in [3.8, 4) is 11.5 Å². The van der Waals surface area contributed by atoms with Gasteiger partial charge in [0.05, 0.1) is 5.56 Å². The number of benzene rings is 2. The first-order valence-electron chi connectivity index (χ1n) is 6.13. The zero-order valence-electron chi connectivity index (χ0n) is 10.9. The largest absolute Gasteiger partial charge is 0.490 e. The van der Waals surface area contributed by atoms with Gasteiger partial charge in [0.15, 0.2) is 0 Å². The van der Waals surface area contributed by atoms with Gasteiger partial charge in [-0.25, -0.2) is 0 Å². The average Bonchev–Trinajstić information content (AvgIpc) is 2.43. The average molecular weight is 361 g/mol. The lowest BCUT2D eigenvalue weighted by atomic mass is 10.2. The van der Waals surface area contributed by atoms with Crippen molar-refractivity contribution in [2.75, 3.05) is 13.2 Å². The summed E-state index contributed by atoms with van der Waals surface area (Å²) in [5, 5.41) is 0. The standard InChI is InChI=1S/C15H12BrF3O2/c16-12-4-2-6-14(10-12)21-8-7-20-13-5-1-3-11(9-13)15(17,18)19/h1-6,9-10H,7-8H2. The van der Waals surface area contributed by atoms with Crippen LogP contribution in [0.2, 0.25) is 0 Å². The lowest BCUT2D eigenvalue weighted by molar-refractivity contribution is -0.137. The molecule has 21 heavy (non-hydrogen) atoms. The molecule has 0 radical (unpaired) electrons. The van der Waals surface area contributed by atoms with Crippen molar-refractivity contribution in [2.24, 2.45) is 0 Å². The number of halogens is 4. The molecular weight excluding hydrogens is 349 g/mol. The third kappa shape index (κ3) is 4.97. The Morgan fingerprint density at radius 1 is 0.857 bits per heavy atom. The smallest absolute Gasteiger partial charge is 0.416 e. The minimum absolute atomic E-state index is 0.161. The molecule has 0 fully saturated rings. The van der Waals surface area contributed by atoms with E-state index >= 15 is 0 Å². The second kappa shape index (κ2) is 6.85. The molecule has 112 valence electrons. The van der Waals surface area contributed by atoms with Gasteiger partial charge in [0, 0.05) is 4.47 Å². The van der Waals surface area contributed by atoms with Crippen molar-refractivity contribution in [2.45, 2.75) is 6.18 Å². The molecule has 0 aliphatic heterocycles. The summed E-state index contributed by atoms with van der Waals surface area (Å²) in [6.07, 6.45) is -4.37. The molecule has 0 aliphatic carbocycles. The van der Waals surface area contributed by atoms with Crippen molar-refractivity contribution >= 4 is 15.9 Å². The van der Waals surface area contributed by atoms with Gasteiger partial charge in [0.1, 0.15) is 24.7 Å². The first-order chi connectivity index (χ1) is 9.95. The summed E-state index contributed by atoms with van der Waals surface area (Å²) in [5.41, 5.74) is -0.729. The summed E-state index contributed by atoms with van der Waals surface area (Å²) in [4.78, 5) is 0. The van der Waals surface area contributed by atoms with E-state index in [1.165, 1.54) is 12.1 Å². The van der Waals surface area contributed by atoms with Gasteiger partial charge in [-0.15, -0.1) is 0 Å². The maximum Gasteiger partial charge on any atom is 0.416 e. The zero-order valence-corrected chi connectivity index (χ0v) is 12.4. The highest BCUT2D eigenvalue weighted by atomic mass is 79.9. The Bertz CT molecular complexity index is 599. The molecule has 0 heterocycles. The summed E-state index contributed by atoms with van der Waals surface area (Å²) in [6, 6.07) is 12.0. The Labute approximate surface area is 128 Å². The van der Waals surface area contributed by atoms with E-state index in [4.69, 9.17) is 9.47 Å². The SMILES string of the molecule is FC(F)(F)c1cccc(OCCOc2cccc(Br)c2)c1. The van der Waals surface area contributed by atoms with E-state index in [0.717, 1.165) is 16.6 Å². The maximum absolute atomic E-state index is 12.5. The maximum atomic E-state index is 12.5. The Hall–Kier alpha value is -1.69. The number of hydrogen-bond acceptors (Lipinski definition) is 2.